The maximum Gasteiger partial charge on any atom is 0.234 e. The topological polar surface area (TPSA) is 78.5 Å². The van der Waals surface area contributed by atoms with Crippen molar-refractivity contribution in [2.45, 2.75) is 13.1 Å². The number of rotatable bonds is 11. The van der Waals surface area contributed by atoms with Crippen molar-refractivity contribution in [3.05, 3.63) is 41.5 Å². The van der Waals surface area contributed by atoms with E-state index in [1.54, 1.807) is 47.7 Å². The minimum Gasteiger partial charge on any atom is -0.497 e. The van der Waals surface area contributed by atoms with E-state index in [1.807, 2.05) is 30.1 Å². The second kappa shape index (κ2) is 11.2. The van der Waals surface area contributed by atoms with Crippen molar-refractivity contribution in [2.24, 2.45) is 0 Å². The first-order valence-electron chi connectivity index (χ1n) is 9.40. The number of methoxy groups -OCH3 is 5. The highest BCUT2D eigenvalue weighted by molar-refractivity contribution is 5.78. The maximum absolute atomic E-state index is 12.4. The monoisotopic (exact) mass is 418 g/mol. The van der Waals surface area contributed by atoms with Crippen LogP contribution < -0.4 is 29.0 Å². The number of ether oxygens (including phenoxy) is 5. The molecule has 8 nitrogen and oxygen atoms in total. The molecular weight excluding hydrogens is 388 g/mol. The van der Waals surface area contributed by atoms with E-state index in [9.17, 15) is 4.79 Å². The molecule has 1 amide bonds. The fraction of sp³-hybridized carbons (Fsp3) is 0.409. The van der Waals surface area contributed by atoms with Gasteiger partial charge in [0.1, 0.15) is 17.2 Å². The van der Waals surface area contributed by atoms with Crippen LogP contribution >= 0.6 is 0 Å². The van der Waals surface area contributed by atoms with E-state index < -0.39 is 0 Å². The summed E-state index contributed by atoms with van der Waals surface area (Å²) in [6.07, 6.45) is 0. The summed E-state index contributed by atoms with van der Waals surface area (Å²) in [6, 6.07) is 9.16. The Bertz CT molecular complexity index is 856. The number of hydrogen-bond acceptors (Lipinski definition) is 7. The number of nitrogens with zero attached hydrogens (tertiary/aromatic N) is 1. The van der Waals surface area contributed by atoms with Crippen LogP contribution in [0.25, 0.3) is 0 Å². The van der Waals surface area contributed by atoms with Crippen LogP contribution in [0.5, 0.6) is 28.7 Å². The Kier molecular flexibility index (Phi) is 8.61. The molecule has 0 aromatic heterocycles. The van der Waals surface area contributed by atoms with Crippen LogP contribution in [0.15, 0.2) is 30.3 Å². The zero-order valence-corrected chi connectivity index (χ0v) is 18.4. The van der Waals surface area contributed by atoms with Crippen molar-refractivity contribution >= 4 is 5.91 Å². The van der Waals surface area contributed by atoms with E-state index in [0.717, 1.165) is 22.6 Å². The van der Waals surface area contributed by atoms with E-state index in [2.05, 4.69) is 5.32 Å². The van der Waals surface area contributed by atoms with Crippen LogP contribution in [-0.2, 0) is 17.9 Å². The molecule has 0 heterocycles. The van der Waals surface area contributed by atoms with Gasteiger partial charge in [0.2, 0.25) is 5.91 Å². The minimum atomic E-state index is -0.109. The predicted octanol–water partition coefficient (Wildman–Crippen LogP) is 2.48. The van der Waals surface area contributed by atoms with Gasteiger partial charge in [-0.1, -0.05) is 6.07 Å². The maximum atomic E-state index is 12.4. The first-order valence-corrected chi connectivity index (χ1v) is 9.40. The zero-order chi connectivity index (χ0) is 22.1. The normalized spacial score (nSPS) is 10.5. The average molecular weight is 418 g/mol. The van der Waals surface area contributed by atoms with Crippen molar-refractivity contribution in [3.63, 3.8) is 0 Å². The Hall–Kier alpha value is -3.13. The smallest absolute Gasteiger partial charge is 0.234 e. The first-order chi connectivity index (χ1) is 14.4. The number of carbonyl (C=O) groups is 1. The molecule has 30 heavy (non-hydrogen) atoms. The number of amides is 1. The summed E-state index contributed by atoms with van der Waals surface area (Å²) >= 11 is 0. The summed E-state index contributed by atoms with van der Waals surface area (Å²) in [6.45, 7) is 1.09. The van der Waals surface area contributed by atoms with Gasteiger partial charge >= 0.3 is 0 Å². The van der Waals surface area contributed by atoms with Crippen molar-refractivity contribution in [1.82, 2.24) is 10.2 Å². The van der Waals surface area contributed by atoms with Gasteiger partial charge in [-0.05, 0) is 19.2 Å². The lowest BCUT2D eigenvalue weighted by molar-refractivity contribution is -0.122. The van der Waals surface area contributed by atoms with Crippen LogP contribution in [0, 0.1) is 0 Å². The minimum absolute atomic E-state index is 0.109. The fourth-order valence-electron chi connectivity index (χ4n) is 3.05. The predicted molar refractivity (Wildman–Crippen MR) is 114 cm³/mol. The SMILES string of the molecule is COc1ccc(CN(C)CC(=O)NCc2cc(OC)c(OC)cc2OC)c(OC)c1. The summed E-state index contributed by atoms with van der Waals surface area (Å²) < 4.78 is 26.7. The van der Waals surface area contributed by atoms with Gasteiger partial charge in [-0.2, -0.15) is 0 Å². The summed E-state index contributed by atoms with van der Waals surface area (Å²) in [5.41, 5.74) is 1.76. The molecule has 2 aromatic rings. The van der Waals surface area contributed by atoms with E-state index >= 15 is 0 Å². The number of hydrogen-bond donors (Lipinski definition) is 1. The average Bonchev–Trinajstić information content (AvgIpc) is 2.76. The number of nitrogens with one attached hydrogen (secondary N) is 1. The molecule has 0 atom stereocenters. The van der Waals surface area contributed by atoms with Crippen molar-refractivity contribution in [2.75, 3.05) is 49.1 Å². The number of likely N-dealkylation sites (N-methyl/N-ethyl adjacent to an activating group) is 1. The van der Waals surface area contributed by atoms with Gasteiger partial charge in [0.05, 0.1) is 42.1 Å². The summed E-state index contributed by atoms with van der Waals surface area (Å²) in [5.74, 6) is 3.09. The van der Waals surface area contributed by atoms with Gasteiger partial charge in [0.15, 0.2) is 11.5 Å². The third-order valence-electron chi connectivity index (χ3n) is 4.61. The van der Waals surface area contributed by atoms with Gasteiger partial charge in [-0.3, -0.25) is 9.69 Å². The molecule has 0 unspecified atom stereocenters. The highest BCUT2D eigenvalue weighted by Crippen LogP contribution is 2.34. The molecule has 2 aromatic carbocycles. The summed E-state index contributed by atoms with van der Waals surface area (Å²) in [4.78, 5) is 14.4. The second-order valence-corrected chi connectivity index (χ2v) is 6.65. The Morgan fingerprint density at radius 1 is 0.800 bits per heavy atom. The van der Waals surface area contributed by atoms with Crippen molar-refractivity contribution < 1.29 is 28.5 Å². The van der Waals surface area contributed by atoms with E-state index in [1.165, 1.54) is 0 Å². The zero-order valence-electron chi connectivity index (χ0n) is 18.4. The van der Waals surface area contributed by atoms with Crippen LogP contribution in [-0.4, -0.2) is 59.9 Å². The van der Waals surface area contributed by atoms with Gasteiger partial charge in [-0.25, -0.2) is 0 Å². The highest BCUT2D eigenvalue weighted by atomic mass is 16.5. The number of benzene rings is 2. The summed E-state index contributed by atoms with van der Waals surface area (Å²) in [5, 5.41) is 2.92. The molecule has 0 aliphatic heterocycles. The largest absolute Gasteiger partial charge is 0.497 e. The molecule has 0 spiro atoms. The lowest BCUT2D eigenvalue weighted by Gasteiger charge is -2.19. The quantitative estimate of drug-likeness (QED) is 0.601. The molecule has 0 bridgehead atoms. The second-order valence-electron chi connectivity index (χ2n) is 6.65. The lowest BCUT2D eigenvalue weighted by Crippen LogP contribution is -2.34. The van der Waals surface area contributed by atoms with E-state index in [0.29, 0.717) is 30.3 Å². The first kappa shape index (κ1) is 23.2. The van der Waals surface area contributed by atoms with Crippen molar-refractivity contribution in [1.29, 1.82) is 0 Å². The molecule has 0 fully saturated rings. The third-order valence-corrected chi connectivity index (χ3v) is 4.61. The van der Waals surface area contributed by atoms with Crippen LogP contribution in [0.1, 0.15) is 11.1 Å². The standard InChI is InChI=1S/C22H30N2O6/c1-24(13-15-7-8-17(26-2)10-18(15)27-3)14-22(25)23-12-16-9-20(29-5)21(30-6)11-19(16)28-4/h7-11H,12-14H2,1-6H3,(H,23,25). The molecule has 1 N–H and O–H groups in total. The lowest BCUT2D eigenvalue weighted by atomic mass is 10.1. The Morgan fingerprint density at radius 2 is 1.40 bits per heavy atom. The van der Waals surface area contributed by atoms with Gasteiger partial charge in [0.25, 0.3) is 0 Å². The number of carbonyl (C=O) groups excluding carboxylic acids is 1. The Morgan fingerprint density at radius 3 is 2.00 bits per heavy atom. The molecule has 0 saturated heterocycles. The molecule has 164 valence electrons. The van der Waals surface area contributed by atoms with Gasteiger partial charge < -0.3 is 29.0 Å². The van der Waals surface area contributed by atoms with Crippen LogP contribution in [0.3, 0.4) is 0 Å². The highest BCUT2D eigenvalue weighted by Gasteiger charge is 2.14. The molecule has 0 radical (unpaired) electrons. The molecular formula is C22H30N2O6. The third kappa shape index (κ3) is 5.93. The van der Waals surface area contributed by atoms with Gasteiger partial charge in [-0.15, -0.1) is 0 Å². The molecule has 8 heteroatoms. The van der Waals surface area contributed by atoms with Gasteiger partial charge in [0, 0.05) is 36.3 Å². The van der Waals surface area contributed by atoms with Crippen molar-refractivity contribution in [3.8, 4) is 28.7 Å². The molecule has 0 aliphatic carbocycles. The summed E-state index contributed by atoms with van der Waals surface area (Å²) in [7, 11) is 9.80. The fourth-order valence-corrected chi connectivity index (χ4v) is 3.05. The molecule has 0 saturated carbocycles. The van der Waals surface area contributed by atoms with Crippen LogP contribution in [0.2, 0.25) is 0 Å². The van der Waals surface area contributed by atoms with E-state index in [4.69, 9.17) is 23.7 Å². The Labute approximate surface area is 177 Å². The molecule has 0 aliphatic rings. The Balaban J connectivity index is 1.98. The molecule has 2 rings (SSSR count). The van der Waals surface area contributed by atoms with E-state index in [-0.39, 0.29) is 12.5 Å². The van der Waals surface area contributed by atoms with Crippen LogP contribution in [0.4, 0.5) is 0 Å².